The Morgan fingerprint density at radius 2 is 2.00 bits per heavy atom. The molecule has 0 spiro atoms. The van der Waals surface area contributed by atoms with E-state index in [9.17, 15) is 19.8 Å². The van der Waals surface area contributed by atoms with Crippen LogP contribution in [-0.4, -0.2) is 63.9 Å². The molecule has 3 rings (SSSR count). The zero-order valence-corrected chi connectivity index (χ0v) is 14.0. The molecular weight excluding hydrogens is 330 g/mol. The molecule has 2 saturated heterocycles. The van der Waals surface area contributed by atoms with Gasteiger partial charge in [-0.2, -0.15) is 0 Å². The predicted octanol–water partition coefficient (Wildman–Crippen LogP) is 0.407. The highest BCUT2D eigenvalue weighted by molar-refractivity contribution is 5.78. The van der Waals surface area contributed by atoms with Crippen molar-refractivity contribution in [1.82, 2.24) is 4.90 Å². The Hall–Kier alpha value is -2.16. The van der Waals surface area contributed by atoms with Crippen LogP contribution in [0, 0.1) is 0 Å². The third-order valence-corrected chi connectivity index (χ3v) is 4.45. The van der Waals surface area contributed by atoms with E-state index in [1.54, 1.807) is 13.8 Å². The largest absolute Gasteiger partial charge is 0.455 e. The first-order chi connectivity index (χ1) is 11.8. The van der Waals surface area contributed by atoms with Crippen LogP contribution in [-0.2, 0) is 25.6 Å². The highest BCUT2D eigenvalue weighted by Crippen LogP contribution is 2.34. The summed E-state index contributed by atoms with van der Waals surface area (Å²) in [6, 6.07) is 8.44. The zero-order chi connectivity index (χ0) is 18.2. The molecule has 8 heteroatoms. The van der Waals surface area contributed by atoms with E-state index in [1.165, 1.54) is 4.90 Å². The Kier molecular flexibility index (Phi) is 4.68. The SMILES string of the molecule is CC1(C)OC[C@H]([C@H]2OC(=O)[C@H](O)[C@@H]2O)N1C(=O)OCc1ccccc1. The number of esters is 1. The van der Waals surface area contributed by atoms with Crippen LogP contribution in [0.25, 0.3) is 0 Å². The zero-order valence-electron chi connectivity index (χ0n) is 14.0. The lowest BCUT2D eigenvalue weighted by Gasteiger charge is -2.34. The van der Waals surface area contributed by atoms with Crippen molar-refractivity contribution >= 4 is 12.1 Å². The van der Waals surface area contributed by atoms with Gasteiger partial charge in [-0.25, -0.2) is 9.59 Å². The smallest absolute Gasteiger partial charge is 0.412 e. The number of hydrogen-bond donors (Lipinski definition) is 2. The molecule has 8 nitrogen and oxygen atoms in total. The van der Waals surface area contributed by atoms with Crippen molar-refractivity contribution in [3.63, 3.8) is 0 Å². The van der Waals surface area contributed by atoms with Gasteiger partial charge in [0.15, 0.2) is 12.2 Å². The molecule has 1 aromatic rings. The number of rotatable bonds is 3. The summed E-state index contributed by atoms with van der Waals surface area (Å²) in [5.74, 6) is -0.917. The Morgan fingerprint density at radius 1 is 1.32 bits per heavy atom. The molecule has 2 aliphatic heterocycles. The minimum Gasteiger partial charge on any atom is -0.455 e. The second kappa shape index (κ2) is 6.62. The molecule has 136 valence electrons. The Balaban J connectivity index is 1.74. The van der Waals surface area contributed by atoms with E-state index in [4.69, 9.17) is 14.2 Å². The number of cyclic esters (lactones) is 1. The third kappa shape index (κ3) is 3.33. The number of aliphatic hydroxyl groups excluding tert-OH is 2. The van der Waals surface area contributed by atoms with Gasteiger partial charge in [0.25, 0.3) is 0 Å². The van der Waals surface area contributed by atoms with Gasteiger partial charge in [-0.05, 0) is 19.4 Å². The fraction of sp³-hybridized carbons (Fsp3) is 0.529. The van der Waals surface area contributed by atoms with Crippen LogP contribution in [0.15, 0.2) is 30.3 Å². The molecule has 2 N–H and O–H groups in total. The molecule has 25 heavy (non-hydrogen) atoms. The summed E-state index contributed by atoms with van der Waals surface area (Å²) >= 11 is 0. The van der Waals surface area contributed by atoms with E-state index in [1.807, 2.05) is 30.3 Å². The summed E-state index contributed by atoms with van der Waals surface area (Å²) in [4.78, 5) is 25.4. The van der Waals surface area contributed by atoms with Crippen LogP contribution in [0.1, 0.15) is 19.4 Å². The predicted molar refractivity (Wildman–Crippen MR) is 84.2 cm³/mol. The van der Waals surface area contributed by atoms with Gasteiger partial charge in [0.1, 0.15) is 24.5 Å². The van der Waals surface area contributed by atoms with E-state index in [0.29, 0.717) is 0 Å². The lowest BCUT2D eigenvalue weighted by atomic mass is 10.0. The maximum Gasteiger partial charge on any atom is 0.412 e. The molecule has 1 amide bonds. The fourth-order valence-corrected chi connectivity index (χ4v) is 3.12. The number of ether oxygens (including phenoxy) is 3. The van der Waals surface area contributed by atoms with E-state index < -0.39 is 42.1 Å². The number of aliphatic hydroxyl groups is 2. The van der Waals surface area contributed by atoms with Gasteiger partial charge < -0.3 is 24.4 Å². The number of carbonyl (C=O) groups is 2. The first-order valence-corrected chi connectivity index (χ1v) is 8.02. The van der Waals surface area contributed by atoms with Crippen molar-refractivity contribution in [3.05, 3.63) is 35.9 Å². The second-order valence-electron chi connectivity index (χ2n) is 6.57. The number of carbonyl (C=O) groups excluding carboxylic acids is 2. The molecule has 0 unspecified atom stereocenters. The maximum atomic E-state index is 12.6. The molecule has 0 bridgehead atoms. The van der Waals surface area contributed by atoms with E-state index in [2.05, 4.69) is 0 Å². The van der Waals surface area contributed by atoms with Gasteiger partial charge in [0.2, 0.25) is 0 Å². The molecule has 0 radical (unpaired) electrons. The molecule has 2 aliphatic rings. The Bertz CT molecular complexity index is 648. The monoisotopic (exact) mass is 351 g/mol. The van der Waals surface area contributed by atoms with E-state index in [-0.39, 0.29) is 13.2 Å². The van der Waals surface area contributed by atoms with Gasteiger partial charge >= 0.3 is 12.1 Å². The molecule has 0 aliphatic carbocycles. The topological polar surface area (TPSA) is 106 Å². The van der Waals surface area contributed by atoms with Gasteiger partial charge in [0.05, 0.1) is 6.61 Å². The summed E-state index contributed by atoms with van der Waals surface area (Å²) in [5, 5.41) is 19.6. The number of amides is 1. The lowest BCUT2D eigenvalue weighted by molar-refractivity contribution is -0.149. The van der Waals surface area contributed by atoms with Crippen molar-refractivity contribution in [2.75, 3.05) is 6.61 Å². The number of hydrogen-bond acceptors (Lipinski definition) is 7. The van der Waals surface area contributed by atoms with Crippen molar-refractivity contribution in [1.29, 1.82) is 0 Å². The van der Waals surface area contributed by atoms with Crippen molar-refractivity contribution in [2.24, 2.45) is 0 Å². The van der Waals surface area contributed by atoms with E-state index >= 15 is 0 Å². The van der Waals surface area contributed by atoms with Crippen LogP contribution < -0.4 is 0 Å². The Labute approximate surface area is 144 Å². The van der Waals surface area contributed by atoms with Gasteiger partial charge in [-0.1, -0.05) is 30.3 Å². The quantitative estimate of drug-likeness (QED) is 0.760. The summed E-state index contributed by atoms with van der Waals surface area (Å²) in [7, 11) is 0. The van der Waals surface area contributed by atoms with Crippen molar-refractivity contribution in [3.8, 4) is 0 Å². The van der Waals surface area contributed by atoms with Gasteiger partial charge in [-0.15, -0.1) is 0 Å². The molecule has 2 fully saturated rings. The van der Waals surface area contributed by atoms with Crippen molar-refractivity contribution < 1.29 is 34.0 Å². The van der Waals surface area contributed by atoms with Crippen LogP contribution in [0.3, 0.4) is 0 Å². The maximum absolute atomic E-state index is 12.6. The fourth-order valence-electron chi connectivity index (χ4n) is 3.12. The van der Waals surface area contributed by atoms with Gasteiger partial charge in [0, 0.05) is 0 Å². The van der Waals surface area contributed by atoms with E-state index in [0.717, 1.165) is 5.56 Å². The van der Waals surface area contributed by atoms with Crippen LogP contribution in [0.4, 0.5) is 4.79 Å². The summed E-state index contributed by atoms with van der Waals surface area (Å²) in [5.41, 5.74) is -0.175. The molecule has 0 saturated carbocycles. The molecule has 2 heterocycles. The van der Waals surface area contributed by atoms with Crippen molar-refractivity contribution in [2.45, 2.75) is 50.5 Å². The normalized spacial score (nSPS) is 31.0. The standard InChI is InChI=1S/C17H21NO7/c1-17(2)18(16(22)23-8-10-6-4-3-5-7-10)11(9-24-17)14-12(19)13(20)15(21)25-14/h3-7,11-14,19-20H,8-9H2,1-2H3/t11-,12+,13-,14-/m1/s1. The first-order valence-electron chi connectivity index (χ1n) is 8.02. The minimum atomic E-state index is -1.63. The molecular formula is C17H21NO7. The highest BCUT2D eigenvalue weighted by Gasteiger charge is 2.55. The van der Waals surface area contributed by atoms with Crippen LogP contribution >= 0.6 is 0 Å². The molecule has 0 aromatic heterocycles. The Morgan fingerprint density at radius 3 is 2.60 bits per heavy atom. The number of benzene rings is 1. The average molecular weight is 351 g/mol. The molecule has 4 atom stereocenters. The summed E-state index contributed by atoms with van der Waals surface area (Å²) in [6.07, 6.45) is -4.79. The number of nitrogens with zero attached hydrogens (tertiary/aromatic N) is 1. The lowest BCUT2D eigenvalue weighted by Crippen LogP contribution is -2.54. The summed E-state index contributed by atoms with van der Waals surface area (Å²) in [6.45, 7) is 3.48. The first kappa shape index (κ1) is 17.7. The highest BCUT2D eigenvalue weighted by atomic mass is 16.6. The van der Waals surface area contributed by atoms with Crippen LogP contribution in [0.2, 0.25) is 0 Å². The van der Waals surface area contributed by atoms with Gasteiger partial charge in [-0.3, -0.25) is 4.90 Å². The molecule has 1 aromatic carbocycles. The average Bonchev–Trinajstić information content (AvgIpc) is 3.04. The second-order valence-corrected chi connectivity index (χ2v) is 6.57. The minimum absolute atomic E-state index is 0.0508. The van der Waals surface area contributed by atoms with Crippen LogP contribution in [0.5, 0.6) is 0 Å². The third-order valence-electron chi connectivity index (χ3n) is 4.45. The summed E-state index contributed by atoms with van der Waals surface area (Å²) < 4.78 is 16.0.